The molecule has 3 nitrogen and oxygen atoms in total. The normalized spacial score (nSPS) is 14.8. The summed E-state index contributed by atoms with van der Waals surface area (Å²) in [7, 11) is 0. The molecule has 1 aromatic heterocycles. The molecule has 1 aliphatic rings. The third-order valence-electron chi connectivity index (χ3n) is 3.77. The van der Waals surface area contributed by atoms with Gasteiger partial charge in [-0.15, -0.1) is 0 Å². The van der Waals surface area contributed by atoms with Gasteiger partial charge >= 0.3 is 0 Å². The van der Waals surface area contributed by atoms with Gasteiger partial charge in [0, 0.05) is 12.1 Å². The van der Waals surface area contributed by atoms with Crippen LogP contribution in [0.1, 0.15) is 18.9 Å². The quantitative estimate of drug-likeness (QED) is 0.755. The van der Waals surface area contributed by atoms with Crippen LogP contribution < -0.4 is 0 Å². The molecule has 106 valence electrons. The molecule has 1 N–H and O–H groups in total. The van der Waals surface area contributed by atoms with E-state index in [1.165, 1.54) is 6.07 Å². The Kier molecular flexibility index (Phi) is 2.69. The zero-order valence-electron chi connectivity index (χ0n) is 11.1. The monoisotopic (exact) mass is 302 g/mol. The van der Waals surface area contributed by atoms with E-state index in [1.807, 2.05) is 18.2 Å². The van der Waals surface area contributed by atoms with Crippen LogP contribution in [0.25, 0.3) is 22.4 Å². The second-order valence-electron chi connectivity index (χ2n) is 5.31. The number of aromatic nitrogens is 2. The lowest BCUT2D eigenvalue weighted by Crippen LogP contribution is -1.98. The number of nitrogens with zero attached hydrogens (tertiary/aromatic N) is 2. The summed E-state index contributed by atoms with van der Waals surface area (Å²) in [6.07, 6.45) is 2.12. The maximum atomic E-state index is 13.2. The van der Waals surface area contributed by atoms with E-state index in [1.54, 1.807) is 6.07 Å². The summed E-state index contributed by atoms with van der Waals surface area (Å²) in [5.41, 5.74) is 2.18. The van der Waals surface area contributed by atoms with Gasteiger partial charge in [-0.3, -0.25) is 0 Å². The number of phenolic OH excluding ortho intramolecular Hbond substituents is 1. The molecule has 0 radical (unpaired) electrons. The van der Waals surface area contributed by atoms with Crippen LogP contribution in [0.3, 0.4) is 0 Å². The molecule has 0 spiro atoms. The molecule has 0 unspecified atom stereocenters. The maximum absolute atomic E-state index is 13.2. The van der Waals surface area contributed by atoms with Crippen molar-refractivity contribution in [2.75, 3.05) is 0 Å². The Morgan fingerprint density at radius 3 is 2.76 bits per heavy atom. The van der Waals surface area contributed by atoms with Crippen molar-refractivity contribution in [2.45, 2.75) is 18.9 Å². The van der Waals surface area contributed by atoms with Crippen LogP contribution in [-0.2, 0) is 0 Å². The molecule has 0 atom stereocenters. The van der Waals surface area contributed by atoms with Crippen molar-refractivity contribution in [3.05, 3.63) is 47.2 Å². The Morgan fingerprint density at radius 2 is 2.05 bits per heavy atom. The third-order valence-corrected chi connectivity index (χ3v) is 4.08. The van der Waals surface area contributed by atoms with Crippen molar-refractivity contribution in [1.82, 2.24) is 9.55 Å². The van der Waals surface area contributed by atoms with E-state index in [-0.39, 0.29) is 5.75 Å². The number of imidazole rings is 1. The first-order valence-corrected chi connectivity index (χ1v) is 7.18. The van der Waals surface area contributed by atoms with Crippen LogP contribution in [0.15, 0.2) is 36.4 Å². The molecule has 0 amide bonds. The molecule has 0 bridgehead atoms. The minimum atomic E-state index is -0.469. The van der Waals surface area contributed by atoms with Crippen LogP contribution >= 0.6 is 11.6 Å². The average Bonchev–Trinajstić information content (AvgIpc) is 3.20. The summed E-state index contributed by atoms with van der Waals surface area (Å²) in [5.74, 6) is 0.0600. The van der Waals surface area contributed by atoms with Gasteiger partial charge in [0.25, 0.3) is 0 Å². The number of aromatic hydroxyl groups is 1. The molecule has 1 heterocycles. The average molecular weight is 303 g/mol. The maximum Gasteiger partial charge on any atom is 0.145 e. The Hall–Kier alpha value is -2.07. The fourth-order valence-corrected chi connectivity index (χ4v) is 2.94. The van der Waals surface area contributed by atoms with E-state index in [2.05, 4.69) is 9.55 Å². The molecule has 1 saturated carbocycles. The van der Waals surface area contributed by atoms with E-state index in [4.69, 9.17) is 11.6 Å². The Morgan fingerprint density at radius 1 is 1.24 bits per heavy atom. The lowest BCUT2D eigenvalue weighted by molar-refractivity contribution is 0.470. The predicted octanol–water partition coefficient (Wildman–Crippen LogP) is 4.54. The minimum absolute atomic E-state index is 0.108. The van der Waals surface area contributed by atoms with Crippen molar-refractivity contribution in [2.24, 2.45) is 0 Å². The number of fused-ring (bicyclic) bond motifs is 1. The Labute approximate surface area is 125 Å². The fraction of sp³-hybridized carbons (Fsp3) is 0.188. The van der Waals surface area contributed by atoms with E-state index >= 15 is 0 Å². The van der Waals surface area contributed by atoms with Crippen molar-refractivity contribution < 1.29 is 9.50 Å². The van der Waals surface area contributed by atoms with Gasteiger partial charge in [-0.25, -0.2) is 9.37 Å². The second kappa shape index (κ2) is 4.46. The molecule has 5 heteroatoms. The van der Waals surface area contributed by atoms with E-state index in [9.17, 15) is 9.50 Å². The number of phenols is 1. The van der Waals surface area contributed by atoms with Gasteiger partial charge in [0.1, 0.15) is 17.4 Å². The lowest BCUT2D eigenvalue weighted by atomic mass is 10.2. The summed E-state index contributed by atoms with van der Waals surface area (Å²) < 4.78 is 15.3. The molecule has 3 aromatic rings. The summed E-state index contributed by atoms with van der Waals surface area (Å²) in [4.78, 5) is 4.59. The number of benzene rings is 2. The van der Waals surface area contributed by atoms with Crippen LogP contribution in [0, 0.1) is 5.82 Å². The van der Waals surface area contributed by atoms with Gasteiger partial charge < -0.3 is 9.67 Å². The van der Waals surface area contributed by atoms with Crippen LogP contribution in [0.4, 0.5) is 4.39 Å². The second-order valence-corrected chi connectivity index (χ2v) is 5.71. The number of halogens is 2. The number of hydrogen-bond donors (Lipinski definition) is 1. The molecular weight excluding hydrogens is 291 g/mol. The van der Waals surface area contributed by atoms with Crippen LogP contribution in [0.2, 0.25) is 5.02 Å². The number of para-hydroxylation sites is 1. The number of hydrogen-bond acceptors (Lipinski definition) is 2. The molecule has 0 aliphatic heterocycles. The van der Waals surface area contributed by atoms with Crippen LogP contribution in [-0.4, -0.2) is 14.7 Å². The van der Waals surface area contributed by atoms with Crippen molar-refractivity contribution in [3.63, 3.8) is 0 Å². The van der Waals surface area contributed by atoms with Gasteiger partial charge in [0.05, 0.1) is 21.6 Å². The lowest BCUT2D eigenvalue weighted by Gasteiger charge is -2.09. The first-order valence-electron chi connectivity index (χ1n) is 6.80. The Bertz CT molecular complexity index is 855. The van der Waals surface area contributed by atoms with E-state index < -0.39 is 5.82 Å². The largest absolute Gasteiger partial charge is 0.507 e. The van der Waals surface area contributed by atoms with Crippen molar-refractivity contribution in [1.29, 1.82) is 0 Å². The van der Waals surface area contributed by atoms with Crippen molar-refractivity contribution >= 4 is 22.6 Å². The molecule has 1 aliphatic carbocycles. The highest BCUT2D eigenvalue weighted by Gasteiger charge is 2.30. The molecule has 21 heavy (non-hydrogen) atoms. The van der Waals surface area contributed by atoms with Crippen LogP contribution in [0.5, 0.6) is 5.75 Å². The highest BCUT2D eigenvalue weighted by molar-refractivity contribution is 6.35. The molecule has 2 aromatic carbocycles. The zero-order valence-corrected chi connectivity index (χ0v) is 11.8. The molecular formula is C16H12ClFN2O. The van der Waals surface area contributed by atoms with E-state index in [0.717, 1.165) is 29.9 Å². The van der Waals surface area contributed by atoms with Crippen molar-refractivity contribution in [3.8, 4) is 17.1 Å². The molecule has 4 rings (SSSR count). The van der Waals surface area contributed by atoms with E-state index in [0.29, 0.717) is 22.5 Å². The number of rotatable bonds is 2. The molecule has 0 saturated heterocycles. The standard InChI is InChI=1S/C16H12ClFN2O/c17-12-2-1-3-13-15(12)20(10-5-6-10)16(19-13)11-7-4-9(18)8-14(11)21/h1-4,7-8,10,21H,5-6H2. The zero-order chi connectivity index (χ0) is 14.6. The smallest absolute Gasteiger partial charge is 0.145 e. The highest BCUT2D eigenvalue weighted by Crippen LogP contribution is 2.44. The van der Waals surface area contributed by atoms with Gasteiger partial charge in [-0.05, 0) is 37.1 Å². The fourth-order valence-electron chi connectivity index (χ4n) is 2.68. The SMILES string of the molecule is Oc1cc(F)ccc1-c1nc2cccc(Cl)c2n1C1CC1. The first-order chi connectivity index (χ1) is 10.1. The summed E-state index contributed by atoms with van der Waals surface area (Å²) in [5, 5.41) is 10.7. The van der Waals surface area contributed by atoms with Gasteiger partial charge in [0.15, 0.2) is 0 Å². The van der Waals surface area contributed by atoms with Gasteiger partial charge in [-0.2, -0.15) is 0 Å². The van der Waals surface area contributed by atoms with Gasteiger partial charge in [0.2, 0.25) is 0 Å². The predicted molar refractivity (Wildman–Crippen MR) is 80.1 cm³/mol. The summed E-state index contributed by atoms with van der Waals surface area (Å²) >= 11 is 6.32. The first kappa shape index (κ1) is 12.7. The van der Waals surface area contributed by atoms with Gasteiger partial charge in [-0.1, -0.05) is 17.7 Å². The Balaban J connectivity index is 2.04. The topological polar surface area (TPSA) is 38.1 Å². The summed E-state index contributed by atoms with van der Waals surface area (Å²) in [6, 6.07) is 9.90. The summed E-state index contributed by atoms with van der Waals surface area (Å²) in [6.45, 7) is 0. The minimum Gasteiger partial charge on any atom is -0.507 e. The molecule has 1 fully saturated rings. The third kappa shape index (κ3) is 1.98. The highest BCUT2D eigenvalue weighted by atomic mass is 35.5.